The van der Waals surface area contributed by atoms with Crippen molar-refractivity contribution >= 4 is 12.3 Å². The van der Waals surface area contributed by atoms with Crippen molar-refractivity contribution in [3.8, 4) is 0 Å². The minimum atomic E-state index is -1.19. The molecule has 0 spiro atoms. The molecular formula is C33H48O9. The van der Waals surface area contributed by atoms with Crippen molar-refractivity contribution in [3.05, 3.63) is 11.6 Å². The van der Waals surface area contributed by atoms with Crippen LogP contribution in [0.15, 0.2) is 11.6 Å². The second-order valence-corrected chi connectivity index (χ2v) is 15.0. The lowest BCUT2D eigenvalue weighted by Crippen LogP contribution is -2.69. The van der Waals surface area contributed by atoms with E-state index >= 15 is 0 Å². The fourth-order valence-electron chi connectivity index (χ4n) is 10.8. The Labute approximate surface area is 248 Å². The number of esters is 1. The van der Waals surface area contributed by atoms with Gasteiger partial charge < -0.3 is 38.7 Å². The summed E-state index contributed by atoms with van der Waals surface area (Å²) in [6.45, 7) is 8.49. The number of hydrogen-bond donors (Lipinski definition) is 2. The third kappa shape index (κ3) is 4.02. The van der Waals surface area contributed by atoms with Gasteiger partial charge in [-0.2, -0.15) is 0 Å². The van der Waals surface area contributed by atoms with Crippen LogP contribution in [0.2, 0.25) is 0 Å². The molecule has 0 radical (unpaired) electrons. The van der Waals surface area contributed by atoms with Crippen molar-refractivity contribution < 1.29 is 43.5 Å². The number of ether oxygens (including phenoxy) is 5. The molecule has 9 heteroatoms. The molecule has 0 aromatic heterocycles. The van der Waals surface area contributed by atoms with Gasteiger partial charge in [0.25, 0.3) is 0 Å². The molecule has 0 unspecified atom stereocenters. The standard InChI is InChI=1S/C33H48O9/c1-5-30(4)41-25-15-27(39-19(2)28(25)42-30)40-21-6-11-31(18-34)23-7-10-29(3)22(20-14-26(35)38-17-20)9-13-33(29,37)24(23)8-12-32(31,36)16-21/h14,18-19,21-25,27-28,36-37H,5-13,15-17H2,1-4H3/t19-,21-,22+,23-,24-,25-,27+,28-,29-,30-,31+,32+,33+/m1/s1. The molecule has 234 valence electrons. The number of carbonyl (C=O) groups excluding carboxylic acids is 2. The molecule has 6 fully saturated rings. The third-order valence-electron chi connectivity index (χ3n) is 13.2. The number of rotatable bonds is 5. The third-order valence-corrected chi connectivity index (χ3v) is 13.2. The number of hydrogen-bond acceptors (Lipinski definition) is 9. The first-order valence-electron chi connectivity index (χ1n) is 16.3. The Morgan fingerprint density at radius 2 is 1.83 bits per heavy atom. The monoisotopic (exact) mass is 588 g/mol. The first kappa shape index (κ1) is 29.4. The van der Waals surface area contributed by atoms with Gasteiger partial charge in [-0.05, 0) is 95.0 Å². The molecule has 2 N–H and O–H groups in total. The smallest absolute Gasteiger partial charge is 0.331 e. The van der Waals surface area contributed by atoms with Gasteiger partial charge in [0.2, 0.25) is 0 Å². The van der Waals surface area contributed by atoms with Crippen LogP contribution >= 0.6 is 0 Å². The first-order chi connectivity index (χ1) is 19.9. The van der Waals surface area contributed by atoms with E-state index in [1.807, 2.05) is 20.8 Å². The molecule has 0 amide bonds. The largest absolute Gasteiger partial charge is 0.458 e. The maximum absolute atomic E-state index is 13.1. The van der Waals surface area contributed by atoms with E-state index in [0.717, 1.165) is 37.5 Å². The Morgan fingerprint density at radius 3 is 2.55 bits per heavy atom. The van der Waals surface area contributed by atoms with E-state index < -0.39 is 28.7 Å². The predicted octanol–water partition coefficient (Wildman–Crippen LogP) is 3.97. The zero-order valence-electron chi connectivity index (χ0n) is 25.5. The lowest BCUT2D eigenvalue weighted by atomic mass is 9.41. The summed E-state index contributed by atoms with van der Waals surface area (Å²) in [5, 5.41) is 24.7. The molecule has 3 aliphatic heterocycles. The molecule has 0 bridgehead atoms. The van der Waals surface area contributed by atoms with Gasteiger partial charge in [-0.25, -0.2) is 4.79 Å². The Balaban J connectivity index is 1.07. The van der Waals surface area contributed by atoms with Crippen LogP contribution in [0.3, 0.4) is 0 Å². The van der Waals surface area contributed by atoms with Crippen LogP contribution in [0.25, 0.3) is 0 Å². The molecule has 4 saturated carbocycles. The van der Waals surface area contributed by atoms with Gasteiger partial charge in [-0.15, -0.1) is 0 Å². The summed E-state index contributed by atoms with van der Waals surface area (Å²) in [6, 6.07) is 0. The summed E-state index contributed by atoms with van der Waals surface area (Å²) in [4.78, 5) is 25.0. The highest BCUT2D eigenvalue weighted by Gasteiger charge is 2.71. The molecule has 7 aliphatic rings. The van der Waals surface area contributed by atoms with Gasteiger partial charge in [0, 0.05) is 24.3 Å². The molecule has 0 aromatic rings. The van der Waals surface area contributed by atoms with E-state index in [2.05, 4.69) is 6.92 Å². The Hall–Kier alpha value is -1.36. The highest BCUT2D eigenvalue weighted by atomic mass is 16.8. The lowest BCUT2D eigenvalue weighted by molar-refractivity contribution is -0.278. The molecule has 2 saturated heterocycles. The normalized spacial score (nSPS) is 55.2. The lowest BCUT2D eigenvalue weighted by Gasteiger charge is -2.65. The first-order valence-corrected chi connectivity index (χ1v) is 16.3. The summed E-state index contributed by atoms with van der Waals surface area (Å²) in [7, 11) is 0. The minimum Gasteiger partial charge on any atom is -0.458 e. The van der Waals surface area contributed by atoms with Crippen molar-refractivity contribution in [2.45, 2.75) is 146 Å². The maximum atomic E-state index is 13.1. The zero-order valence-corrected chi connectivity index (χ0v) is 25.5. The summed E-state index contributed by atoms with van der Waals surface area (Å²) in [5.41, 5.74) is -2.44. The number of aldehydes is 1. The van der Waals surface area contributed by atoms with Crippen LogP contribution in [0, 0.1) is 28.6 Å². The van der Waals surface area contributed by atoms with Crippen molar-refractivity contribution in [3.63, 3.8) is 0 Å². The Morgan fingerprint density at radius 1 is 1.05 bits per heavy atom. The molecule has 3 heterocycles. The Bertz CT molecular complexity index is 1160. The second-order valence-electron chi connectivity index (χ2n) is 15.0. The van der Waals surface area contributed by atoms with Crippen molar-refractivity contribution in [1.82, 2.24) is 0 Å². The topological polar surface area (TPSA) is 121 Å². The molecule has 42 heavy (non-hydrogen) atoms. The fraction of sp³-hybridized carbons (Fsp3) is 0.879. The maximum Gasteiger partial charge on any atom is 0.331 e. The van der Waals surface area contributed by atoms with Gasteiger partial charge in [-0.3, -0.25) is 0 Å². The molecule has 4 aliphatic carbocycles. The zero-order chi connectivity index (χ0) is 29.7. The summed E-state index contributed by atoms with van der Waals surface area (Å²) >= 11 is 0. The van der Waals surface area contributed by atoms with Crippen molar-refractivity contribution in [2.24, 2.45) is 28.6 Å². The number of carbonyl (C=O) groups is 2. The van der Waals surface area contributed by atoms with Gasteiger partial charge in [0.05, 0.1) is 34.9 Å². The average molecular weight is 589 g/mol. The van der Waals surface area contributed by atoms with Gasteiger partial charge in [0.1, 0.15) is 19.0 Å². The summed E-state index contributed by atoms with van der Waals surface area (Å²) in [5.74, 6) is -0.980. The van der Waals surface area contributed by atoms with Gasteiger partial charge in [-0.1, -0.05) is 13.8 Å². The SMILES string of the molecule is CC[C@@]1(C)O[C@@H]2[C@@H](C)O[C@@H](O[C@@H]3CC[C@]4(C=O)[C@@H]5CC[C@]6(C)[C@H](C7=CC(=O)OC7)CC[C@]6(O)[C@@H]5CC[C@]4(O)C3)C[C@H]2O1. The van der Waals surface area contributed by atoms with E-state index in [4.69, 9.17) is 23.7 Å². The van der Waals surface area contributed by atoms with Gasteiger partial charge in [0.15, 0.2) is 12.1 Å². The molecule has 7 rings (SSSR count). The number of cyclic esters (lactones) is 1. The second kappa shape index (κ2) is 9.82. The molecular weight excluding hydrogens is 540 g/mol. The van der Waals surface area contributed by atoms with Crippen LogP contribution in [0.1, 0.15) is 98.3 Å². The average Bonchev–Trinajstić information content (AvgIpc) is 3.61. The quantitative estimate of drug-likeness (QED) is 0.279. The van der Waals surface area contributed by atoms with E-state index in [9.17, 15) is 19.8 Å². The summed E-state index contributed by atoms with van der Waals surface area (Å²) in [6.07, 6.45) is 8.56. The van der Waals surface area contributed by atoms with Crippen molar-refractivity contribution in [2.75, 3.05) is 6.61 Å². The fourth-order valence-corrected chi connectivity index (χ4v) is 10.8. The minimum absolute atomic E-state index is 0.0744. The van der Waals surface area contributed by atoms with E-state index in [-0.39, 0.29) is 53.6 Å². The van der Waals surface area contributed by atoms with Crippen LogP contribution in [0.5, 0.6) is 0 Å². The highest BCUT2D eigenvalue weighted by molar-refractivity contribution is 5.85. The van der Waals surface area contributed by atoms with Crippen LogP contribution in [0.4, 0.5) is 0 Å². The molecule has 0 aromatic carbocycles. The van der Waals surface area contributed by atoms with Gasteiger partial charge >= 0.3 is 5.97 Å². The van der Waals surface area contributed by atoms with E-state index in [1.165, 1.54) is 0 Å². The molecule has 13 atom stereocenters. The van der Waals surface area contributed by atoms with E-state index in [1.54, 1.807) is 6.08 Å². The number of aliphatic hydroxyl groups is 2. The predicted molar refractivity (Wildman–Crippen MR) is 150 cm³/mol. The highest BCUT2D eigenvalue weighted by Crippen LogP contribution is 2.70. The van der Waals surface area contributed by atoms with E-state index in [0.29, 0.717) is 51.6 Å². The summed E-state index contributed by atoms with van der Waals surface area (Å²) < 4.78 is 30.4. The Kier molecular flexibility index (Phi) is 6.86. The van der Waals surface area contributed by atoms with Crippen LogP contribution in [-0.2, 0) is 33.3 Å². The van der Waals surface area contributed by atoms with Crippen molar-refractivity contribution in [1.29, 1.82) is 0 Å². The van der Waals surface area contributed by atoms with Crippen LogP contribution < -0.4 is 0 Å². The molecule has 9 nitrogen and oxygen atoms in total. The number of fused-ring (bicyclic) bond motifs is 6. The van der Waals surface area contributed by atoms with Crippen LogP contribution in [-0.4, -0.2) is 76.8 Å².